The predicted molar refractivity (Wildman–Crippen MR) is 104 cm³/mol. The van der Waals surface area contributed by atoms with Crippen LogP contribution in [-0.4, -0.2) is 48.7 Å². The first-order valence-corrected chi connectivity index (χ1v) is 16.3. The van der Waals surface area contributed by atoms with E-state index in [2.05, 4.69) is 20.8 Å². The third-order valence-corrected chi connectivity index (χ3v) is 14.1. The zero-order chi connectivity index (χ0) is 20.4. The number of rotatable bonds is 20. The molecule has 9 heteroatoms. The van der Waals surface area contributed by atoms with Gasteiger partial charge in [0, 0.05) is 0 Å². The first-order chi connectivity index (χ1) is 13.1. The molecule has 0 spiro atoms. The van der Waals surface area contributed by atoms with Gasteiger partial charge >= 0.3 is 175 Å². The monoisotopic (exact) mass is 488 g/mol. The molecule has 0 aliphatic carbocycles. The van der Waals surface area contributed by atoms with Crippen molar-refractivity contribution in [1.29, 1.82) is 0 Å². The van der Waals surface area contributed by atoms with Crippen molar-refractivity contribution in [2.24, 2.45) is 0 Å². The van der Waals surface area contributed by atoms with E-state index < -0.39 is 31.1 Å². The van der Waals surface area contributed by atoms with E-state index in [-0.39, 0.29) is 0 Å². The summed E-state index contributed by atoms with van der Waals surface area (Å²) in [6.45, 7) is 15.0. The van der Waals surface area contributed by atoms with Gasteiger partial charge in [0.05, 0.1) is 0 Å². The summed E-state index contributed by atoms with van der Waals surface area (Å²) >= 11 is -4.32. The van der Waals surface area contributed by atoms with E-state index in [0.717, 1.165) is 38.5 Å². The van der Waals surface area contributed by atoms with Gasteiger partial charge < -0.3 is 0 Å². The topological polar surface area (TPSA) is 64.6 Å². The summed E-state index contributed by atoms with van der Waals surface area (Å²) in [5.41, 5.74) is 0. The van der Waals surface area contributed by atoms with Crippen LogP contribution in [0.2, 0.25) is 0 Å². The Morgan fingerprint density at radius 3 is 1.15 bits per heavy atom. The molecule has 0 aliphatic rings. The second-order valence-corrected chi connectivity index (χ2v) is 14.2. The average Bonchev–Trinajstić information content (AvgIpc) is 2.63. The molecule has 0 unspecified atom stereocenters. The Morgan fingerprint density at radius 1 is 0.556 bits per heavy atom. The van der Waals surface area contributed by atoms with Gasteiger partial charge in [-0.15, -0.1) is 0 Å². The molecular formula is C18H42O7SiZr. The Labute approximate surface area is 174 Å². The van der Waals surface area contributed by atoms with Crippen LogP contribution in [-0.2, 0) is 46.2 Å². The van der Waals surface area contributed by atoms with Gasteiger partial charge in [0.1, 0.15) is 0 Å². The summed E-state index contributed by atoms with van der Waals surface area (Å²) in [6, 6.07) is 0. The van der Waals surface area contributed by atoms with E-state index in [0.29, 0.717) is 39.6 Å². The Kier molecular flexibility index (Phi) is 18.2. The fraction of sp³-hybridized carbons (Fsp3) is 1.00. The number of hydrogen-bond donors (Lipinski definition) is 0. The molecule has 0 aromatic rings. The molecule has 0 aliphatic heterocycles. The third-order valence-electron chi connectivity index (χ3n) is 3.54. The van der Waals surface area contributed by atoms with Gasteiger partial charge in [-0.1, -0.05) is 0 Å². The van der Waals surface area contributed by atoms with Crippen LogP contribution in [0.5, 0.6) is 0 Å². The Morgan fingerprint density at radius 2 is 0.889 bits per heavy atom. The molecule has 27 heavy (non-hydrogen) atoms. The van der Waals surface area contributed by atoms with Crippen LogP contribution in [0.1, 0.15) is 80.1 Å². The molecule has 164 valence electrons. The molecule has 7 nitrogen and oxygen atoms in total. The molecular weight excluding hydrogens is 448 g/mol. The fourth-order valence-electron chi connectivity index (χ4n) is 2.13. The van der Waals surface area contributed by atoms with Crippen LogP contribution in [0.25, 0.3) is 0 Å². The Hall–Kier alpha value is 0.820. The molecule has 0 saturated carbocycles. The van der Waals surface area contributed by atoms with E-state index in [1.165, 1.54) is 0 Å². The van der Waals surface area contributed by atoms with Crippen molar-refractivity contribution in [3.8, 4) is 0 Å². The summed E-state index contributed by atoms with van der Waals surface area (Å²) in [7, 11) is -3.44. The molecule has 0 atom stereocenters. The molecule has 0 saturated heterocycles. The van der Waals surface area contributed by atoms with Crippen molar-refractivity contribution >= 4 is 9.05 Å². The first-order valence-electron chi connectivity index (χ1n) is 10.6. The van der Waals surface area contributed by atoms with Crippen LogP contribution in [0.4, 0.5) is 0 Å². The molecule has 0 aromatic heterocycles. The van der Waals surface area contributed by atoms with Crippen LogP contribution in [0.15, 0.2) is 0 Å². The van der Waals surface area contributed by atoms with Gasteiger partial charge in [0.15, 0.2) is 0 Å². The summed E-state index contributed by atoms with van der Waals surface area (Å²) in [4.78, 5) is 0. The van der Waals surface area contributed by atoms with Gasteiger partial charge in [-0.25, -0.2) is 0 Å². The van der Waals surface area contributed by atoms with Crippen LogP contribution in [0.3, 0.4) is 0 Å². The van der Waals surface area contributed by atoms with Gasteiger partial charge in [0.2, 0.25) is 0 Å². The zero-order valence-electron chi connectivity index (χ0n) is 18.3. The molecule has 0 N–H and O–H groups in total. The van der Waals surface area contributed by atoms with E-state index in [1.807, 2.05) is 20.8 Å². The zero-order valence-corrected chi connectivity index (χ0v) is 21.8. The molecule has 0 bridgehead atoms. The second-order valence-electron chi connectivity index (χ2n) is 6.01. The number of hydrogen-bond acceptors (Lipinski definition) is 7. The quantitative estimate of drug-likeness (QED) is 0.179. The van der Waals surface area contributed by atoms with Crippen LogP contribution < -0.4 is 0 Å². The van der Waals surface area contributed by atoms with Crippen molar-refractivity contribution in [2.75, 3.05) is 39.6 Å². The van der Waals surface area contributed by atoms with Crippen molar-refractivity contribution < 1.29 is 46.2 Å². The Balaban J connectivity index is 5.55. The maximum absolute atomic E-state index is 6.40. The van der Waals surface area contributed by atoms with Crippen molar-refractivity contribution in [1.82, 2.24) is 0 Å². The molecule has 0 radical (unpaired) electrons. The SMILES string of the molecule is CCCCO[Si](OCCCC)(OCCCC)[O][Zr]([O]CC)([O]CC)[O]CC. The van der Waals surface area contributed by atoms with E-state index in [4.69, 9.17) is 24.2 Å². The summed E-state index contributed by atoms with van der Waals surface area (Å²) in [5.74, 6) is 0. The van der Waals surface area contributed by atoms with Gasteiger partial charge in [-0.3, -0.25) is 0 Å². The molecule has 0 heterocycles. The summed E-state index contributed by atoms with van der Waals surface area (Å²) in [6.07, 6.45) is 5.79. The molecule has 0 aromatic carbocycles. The summed E-state index contributed by atoms with van der Waals surface area (Å²) in [5, 5.41) is 0. The van der Waals surface area contributed by atoms with E-state index >= 15 is 0 Å². The van der Waals surface area contributed by atoms with Gasteiger partial charge in [-0.2, -0.15) is 0 Å². The summed E-state index contributed by atoms with van der Waals surface area (Å²) < 4.78 is 42.6. The average molecular weight is 490 g/mol. The number of unbranched alkanes of at least 4 members (excludes halogenated alkanes) is 3. The molecule has 0 rings (SSSR count). The standard InChI is InChI=1S/C12H27O4Si.3C2H5O.Zr/c1-4-7-10-14-17(13,15-11-8-5-2)16-12-9-6-3;3*1-2-3;/h4-12H2,1-3H3;3*2H2,1H3;/q4*-1;+4. The first kappa shape index (κ1) is 27.8. The van der Waals surface area contributed by atoms with Crippen molar-refractivity contribution in [2.45, 2.75) is 80.1 Å². The maximum atomic E-state index is 6.40. The van der Waals surface area contributed by atoms with E-state index in [9.17, 15) is 0 Å². The van der Waals surface area contributed by atoms with Gasteiger partial charge in [0.25, 0.3) is 0 Å². The van der Waals surface area contributed by atoms with Crippen LogP contribution >= 0.6 is 0 Å². The third kappa shape index (κ3) is 12.2. The van der Waals surface area contributed by atoms with Crippen molar-refractivity contribution in [3.05, 3.63) is 0 Å². The minimum atomic E-state index is -4.32. The van der Waals surface area contributed by atoms with Gasteiger partial charge in [-0.05, 0) is 0 Å². The second kappa shape index (κ2) is 17.7. The van der Waals surface area contributed by atoms with Crippen LogP contribution in [0, 0.1) is 0 Å². The minimum absolute atomic E-state index is 0.444. The predicted octanol–water partition coefficient (Wildman–Crippen LogP) is 4.81. The fourth-order valence-corrected chi connectivity index (χ4v) is 12.3. The molecule has 0 fully saturated rings. The molecule has 0 amide bonds. The Bertz CT molecular complexity index is 293. The van der Waals surface area contributed by atoms with E-state index in [1.54, 1.807) is 0 Å². The van der Waals surface area contributed by atoms with Crippen molar-refractivity contribution in [3.63, 3.8) is 0 Å². The normalized spacial score (nSPS) is 12.7.